The van der Waals surface area contributed by atoms with E-state index in [-0.39, 0.29) is 11.7 Å². The molecular formula is C11H13Br2N3O2. The molecule has 7 heteroatoms. The summed E-state index contributed by atoms with van der Waals surface area (Å²) in [7, 11) is 1.60. The third-order valence-electron chi connectivity index (χ3n) is 2.61. The number of hydrogen-bond acceptors (Lipinski definition) is 3. The fraction of sp³-hybridized carbons (Fsp3) is 0.273. The first-order valence-corrected chi connectivity index (χ1v) is 6.66. The van der Waals surface area contributed by atoms with Crippen LogP contribution in [-0.2, 0) is 0 Å². The quantitative estimate of drug-likeness (QED) is 0.367. The van der Waals surface area contributed by atoms with Crippen LogP contribution >= 0.6 is 31.9 Å². The first-order valence-electron chi connectivity index (χ1n) is 5.08. The van der Waals surface area contributed by atoms with Crippen LogP contribution in [0.2, 0.25) is 0 Å². The highest BCUT2D eigenvalue weighted by Crippen LogP contribution is 2.23. The predicted molar refractivity (Wildman–Crippen MR) is 76.8 cm³/mol. The van der Waals surface area contributed by atoms with E-state index in [2.05, 4.69) is 37.0 Å². The number of amides is 1. The Kier molecular flexibility index (Phi) is 5.15. The van der Waals surface area contributed by atoms with E-state index in [9.17, 15) is 4.79 Å². The standard InChI is InChI=1S/C11H13Br2N3O2/c1-6(10(14)15-18)16(2)11(17)8-4-3-7(12)5-9(8)13/h3-6,18H,1-2H3,(H2,14,15). The Bertz CT molecular complexity index is 491. The lowest BCUT2D eigenvalue weighted by Crippen LogP contribution is -2.43. The number of oxime groups is 1. The number of hydrogen-bond donors (Lipinski definition) is 2. The second-order valence-corrected chi connectivity index (χ2v) is 5.51. The Morgan fingerprint density at radius 2 is 2.11 bits per heavy atom. The van der Waals surface area contributed by atoms with E-state index in [1.807, 2.05) is 0 Å². The molecule has 1 unspecified atom stereocenters. The van der Waals surface area contributed by atoms with E-state index < -0.39 is 6.04 Å². The largest absolute Gasteiger partial charge is 0.409 e. The second-order valence-electron chi connectivity index (χ2n) is 3.74. The van der Waals surface area contributed by atoms with Crippen LogP contribution in [0, 0.1) is 0 Å². The molecule has 18 heavy (non-hydrogen) atoms. The van der Waals surface area contributed by atoms with E-state index in [0.717, 1.165) is 4.47 Å². The van der Waals surface area contributed by atoms with Crippen molar-refractivity contribution in [2.75, 3.05) is 7.05 Å². The maximum atomic E-state index is 12.2. The maximum absolute atomic E-state index is 12.2. The molecule has 1 atom stereocenters. The summed E-state index contributed by atoms with van der Waals surface area (Å²) in [6.45, 7) is 1.68. The highest BCUT2D eigenvalue weighted by Gasteiger charge is 2.22. The zero-order chi connectivity index (χ0) is 13.9. The molecule has 1 amide bonds. The molecule has 0 fully saturated rings. The van der Waals surface area contributed by atoms with Gasteiger partial charge in [0, 0.05) is 16.0 Å². The molecule has 98 valence electrons. The summed E-state index contributed by atoms with van der Waals surface area (Å²) in [4.78, 5) is 13.6. The topological polar surface area (TPSA) is 78.9 Å². The molecule has 0 aromatic heterocycles. The number of rotatable bonds is 3. The number of carbonyl (C=O) groups is 1. The van der Waals surface area contributed by atoms with Gasteiger partial charge in [-0.05, 0) is 41.1 Å². The van der Waals surface area contributed by atoms with Crippen molar-refractivity contribution in [1.82, 2.24) is 4.90 Å². The van der Waals surface area contributed by atoms with Crippen LogP contribution in [0.5, 0.6) is 0 Å². The summed E-state index contributed by atoms with van der Waals surface area (Å²) < 4.78 is 1.55. The van der Waals surface area contributed by atoms with Crippen LogP contribution in [0.4, 0.5) is 0 Å². The fourth-order valence-electron chi connectivity index (χ4n) is 1.31. The van der Waals surface area contributed by atoms with Crippen molar-refractivity contribution in [3.8, 4) is 0 Å². The van der Waals surface area contributed by atoms with Gasteiger partial charge in [0.2, 0.25) is 0 Å². The van der Waals surface area contributed by atoms with Gasteiger partial charge in [-0.15, -0.1) is 0 Å². The van der Waals surface area contributed by atoms with Crippen LogP contribution in [0.25, 0.3) is 0 Å². The van der Waals surface area contributed by atoms with E-state index in [1.165, 1.54) is 4.90 Å². The van der Waals surface area contributed by atoms with E-state index in [4.69, 9.17) is 10.9 Å². The van der Waals surface area contributed by atoms with Crippen molar-refractivity contribution in [1.29, 1.82) is 0 Å². The van der Waals surface area contributed by atoms with Gasteiger partial charge in [-0.25, -0.2) is 0 Å². The SMILES string of the molecule is CC(/C(N)=N/O)N(C)C(=O)c1ccc(Br)cc1Br. The first-order chi connectivity index (χ1) is 8.38. The normalized spacial score (nSPS) is 13.2. The number of carbonyl (C=O) groups excluding carboxylic acids is 1. The van der Waals surface area contributed by atoms with Crippen LogP contribution in [0.1, 0.15) is 17.3 Å². The van der Waals surface area contributed by atoms with Gasteiger partial charge in [-0.3, -0.25) is 4.79 Å². The molecule has 0 saturated carbocycles. The molecule has 0 aliphatic rings. The summed E-state index contributed by atoms with van der Waals surface area (Å²) in [6, 6.07) is 4.78. The van der Waals surface area contributed by atoms with E-state index in [0.29, 0.717) is 10.0 Å². The van der Waals surface area contributed by atoms with Crippen molar-refractivity contribution in [3.05, 3.63) is 32.7 Å². The summed E-state index contributed by atoms with van der Waals surface area (Å²) in [5.74, 6) is -0.229. The molecule has 3 N–H and O–H groups in total. The average Bonchev–Trinajstić information content (AvgIpc) is 2.35. The van der Waals surface area contributed by atoms with Crippen molar-refractivity contribution >= 4 is 43.6 Å². The third kappa shape index (κ3) is 3.23. The second kappa shape index (κ2) is 6.19. The lowest BCUT2D eigenvalue weighted by Gasteiger charge is -2.24. The van der Waals surface area contributed by atoms with Crippen LogP contribution in [-0.4, -0.2) is 34.9 Å². The summed E-state index contributed by atoms with van der Waals surface area (Å²) in [5, 5.41) is 11.5. The number of likely N-dealkylation sites (N-methyl/N-ethyl adjacent to an activating group) is 1. The van der Waals surface area contributed by atoms with Gasteiger partial charge in [-0.1, -0.05) is 21.1 Å². The molecule has 0 bridgehead atoms. The predicted octanol–water partition coefficient (Wildman–Crippen LogP) is 2.42. The van der Waals surface area contributed by atoms with E-state index in [1.54, 1.807) is 32.2 Å². The zero-order valence-corrected chi connectivity index (χ0v) is 13.1. The van der Waals surface area contributed by atoms with Gasteiger partial charge < -0.3 is 15.8 Å². The van der Waals surface area contributed by atoms with Gasteiger partial charge in [0.1, 0.15) is 0 Å². The molecular weight excluding hydrogens is 366 g/mol. The van der Waals surface area contributed by atoms with Crippen LogP contribution in [0.3, 0.4) is 0 Å². The Hall–Kier alpha value is -1.08. The number of nitrogens with zero attached hydrogens (tertiary/aromatic N) is 2. The molecule has 0 saturated heterocycles. The van der Waals surface area contributed by atoms with Crippen molar-refractivity contribution in [2.24, 2.45) is 10.9 Å². The number of benzene rings is 1. The highest BCUT2D eigenvalue weighted by atomic mass is 79.9. The minimum absolute atomic E-state index is 0.0147. The first kappa shape index (κ1) is 15.0. The average molecular weight is 379 g/mol. The van der Waals surface area contributed by atoms with Crippen LogP contribution < -0.4 is 5.73 Å². The Balaban J connectivity index is 3.00. The molecule has 5 nitrogen and oxygen atoms in total. The summed E-state index contributed by atoms with van der Waals surface area (Å²) in [5.41, 5.74) is 5.99. The molecule has 0 spiro atoms. The third-order valence-corrected chi connectivity index (χ3v) is 3.76. The number of halogens is 2. The highest BCUT2D eigenvalue weighted by molar-refractivity contribution is 9.11. The van der Waals surface area contributed by atoms with Gasteiger partial charge in [0.25, 0.3) is 5.91 Å². The molecule has 0 heterocycles. The lowest BCUT2D eigenvalue weighted by molar-refractivity contribution is 0.0775. The zero-order valence-electron chi connectivity index (χ0n) is 9.89. The molecule has 0 radical (unpaired) electrons. The molecule has 0 aliphatic carbocycles. The van der Waals surface area contributed by atoms with Gasteiger partial charge >= 0.3 is 0 Å². The number of nitrogens with two attached hydrogens (primary N) is 1. The maximum Gasteiger partial charge on any atom is 0.255 e. The molecule has 1 aromatic rings. The van der Waals surface area contributed by atoms with E-state index >= 15 is 0 Å². The minimum atomic E-state index is -0.488. The van der Waals surface area contributed by atoms with Gasteiger partial charge in [0.05, 0.1) is 11.6 Å². The minimum Gasteiger partial charge on any atom is -0.409 e. The van der Waals surface area contributed by atoms with Crippen molar-refractivity contribution in [2.45, 2.75) is 13.0 Å². The smallest absolute Gasteiger partial charge is 0.255 e. The monoisotopic (exact) mass is 377 g/mol. The summed E-state index contributed by atoms with van der Waals surface area (Å²) in [6.07, 6.45) is 0. The van der Waals surface area contributed by atoms with Crippen LogP contribution in [0.15, 0.2) is 32.3 Å². The fourth-order valence-corrected chi connectivity index (χ4v) is 2.53. The van der Waals surface area contributed by atoms with Gasteiger partial charge in [0.15, 0.2) is 5.84 Å². The van der Waals surface area contributed by atoms with Gasteiger partial charge in [-0.2, -0.15) is 0 Å². The molecule has 1 rings (SSSR count). The number of amidine groups is 1. The van der Waals surface area contributed by atoms with Crippen molar-refractivity contribution in [3.63, 3.8) is 0 Å². The molecule has 0 aliphatic heterocycles. The Morgan fingerprint density at radius 3 is 2.61 bits per heavy atom. The molecule has 1 aromatic carbocycles. The Labute approximate surface area is 122 Å². The summed E-state index contributed by atoms with van der Waals surface area (Å²) >= 11 is 6.65. The van der Waals surface area contributed by atoms with Crippen molar-refractivity contribution < 1.29 is 10.0 Å². The Morgan fingerprint density at radius 1 is 1.50 bits per heavy atom. The lowest BCUT2D eigenvalue weighted by atomic mass is 10.1.